The van der Waals surface area contributed by atoms with Crippen LogP contribution in [0.5, 0.6) is 0 Å². The van der Waals surface area contributed by atoms with Crippen LogP contribution in [0.4, 0.5) is 5.69 Å². The van der Waals surface area contributed by atoms with Crippen LogP contribution in [0.2, 0.25) is 0 Å². The van der Waals surface area contributed by atoms with E-state index in [1.165, 1.54) is 16.0 Å². The number of nitrogens with one attached hydrogen (secondary N) is 8. The first-order valence-electron chi connectivity index (χ1n) is 29.5. The van der Waals surface area contributed by atoms with Crippen molar-refractivity contribution in [3.63, 3.8) is 0 Å². The van der Waals surface area contributed by atoms with Gasteiger partial charge >= 0.3 is 0 Å². The molecule has 83 heavy (non-hydrogen) atoms. The molecule has 8 N–H and O–H groups in total. The zero-order valence-electron chi connectivity index (χ0n) is 49.0. The van der Waals surface area contributed by atoms with Crippen molar-refractivity contribution in [2.24, 2.45) is 5.41 Å². The molecule has 5 aromatic carbocycles. The summed E-state index contributed by atoms with van der Waals surface area (Å²) in [6.45, 7) is 9.83. The summed E-state index contributed by atoms with van der Waals surface area (Å²) in [5.41, 5.74) is 8.85. The molecule has 7 amide bonds. The van der Waals surface area contributed by atoms with E-state index in [0.29, 0.717) is 18.5 Å². The second-order valence-corrected chi connectivity index (χ2v) is 24.0. The summed E-state index contributed by atoms with van der Waals surface area (Å²) < 4.78 is 0. The quantitative estimate of drug-likeness (QED) is 0.0474. The first-order valence-corrected chi connectivity index (χ1v) is 29.5. The van der Waals surface area contributed by atoms with E-state index in [0.717, 1.165) is 77.6 Å². The molecule has 0 saturated carbocycles. The maximum absolute atomic E-state index is 14.9. The topological polar surface area (TPSA) is 222 Å². The maximum atomic E-state index is 14.9. The third kappa shape index (κ3) is 14.3. The van der Waals surface area contributed by atoms with E-state index in [2.05, 4.69) is 60.7 Å². The van der Waals surface area contributed by atoms with Gasteiger partial charge in [-0.3, -0.25) is 33.6 Å². The van der Waals surface area contributed by atoms with Gasteiger partial charge in [0.05, 0.1) is 24.2 Å². The number of likely N-dealkylation sites (tertiary alicyclic amines) is 1. The zero-order valence-corrected chi connectivity index (χ0v) is 49.0. The van der Waals surface area contributed by atoms with Crippen molar-refractivity contribution in [3.05, 3.63) is 171 Å². The van der Waals surface area contributed by atoms with Gasteiger partial charge in [0.1, 0.15) is 24.2 Å². The van der Waals surface area contributed by atoms with Crippen LogP contribution < -0.4 is 42.5 Å². The van der Waals surface area contributed by atoms with Crippen molar-refractivity contribution in [1.82, 2.24) is 47.0 Å². The maximum Gasteiger partial charge on any atom is 0.251 e. The largest absolute Gasteiger partial charge is 0.381 e. The van der Waals surface area contributed by atoms with Gasteiger partial charge in [0.15, 0.2) is 0 Å². The molecule has 0 aromatic heterocycles. The van der Waals surface area contributed by atoms with Crippen molar-refractivity contribution >= 4 is 47.0 Å². The van der Waals surface area contributed by atoms with Crippen molar-refractivity contribution in [1.29, 1.82) is 0 Å². The summed E-state index contributed by atoms with van der Waals surface area (Å²) in [5, 5.41) is 25.0. The Hall–Kier alpha value is -7.89. The molecule has 0 spiro atoms. The molecule has 17 heteroatoms. The van der Waals surface area contributed by atoms with Gasteiger partial charge in [-0.1, -0.05) is 118 Å². The first-order chi connectivity index (χ1) is 39.9. The summed E-state index contributed by atoms with van der Waals surface area (Å²) in [7, 11) is 3.36. The lowest BCUT2D eigenvalue weighted by Crippen LogP contribution is -2.59. The van der Waals surface area contributed by atoms with Crippen LogP contribution >= 0.6 is 0 Å². The Morgan fingerprint density at radius 2 is 1.11 bits per heavy atom. The van der Waals surface area contributed by atoms with Crippen molar-refractivity contribution < 1.29 is 33.6 Å². The number of rotatable bonds is 19. The van der Waals surface area contributed by atoms with Crippen LogP contribution in [0, 0.1) is 5.41 Å². The predicted molar refractivity (Wildman–Crippen MR) is 321 cm³/mol. The van der Waals surface area contributed by atoms with Crippen LogP contribution in [-0.2, 0) is 67.5 Å². The molecule has 0 bridgehead atoms. The molecule has 17 nitrogen and oxygen atoms in total. The molecule has 5 unspecified atom stereocenters. The molecular formula is C66H82N10O7. The molecular weight excluding hydrogens is 1040 g/mol. The van der Waals surface area contributed by atoms with Gasteiger partial charge < -0.3 is 52.3 Å². The second-order valence-electron chi connectivity index (χ2n) is 24.0. The Bertz CT molecular complexity index is 3160. The highest BCUT2D eigenvalue weighted by Gasteiger charge is 2.46. The molecule has 5 aromatic rings. The SMILES string of the molecule is CNC(C)C(=O)NC(Cc1ccc(NCc2ccc(C(=O)N[C@H]3C[C@@H](C(=O)N[C@@H]4CCCc5ccccc54)N(C(=O)C(NC(=O)C(C)NC)C(C)(C)C)C3)cc2)cc1)C(=O)N1Cc2ccccc2CC1C(=O)N[C@@H]1CCCc2ccccc21. The standard InChI is InChI=1S/C66H82N10O7/c1-40(67-6)59(77)73-55(64(82)75-38-48-19-9-8-18-47(48)35-56(75)62(80)71-53-24-14-20-44-16-10-12-22-51(44)53)34-42-28-32-49(33-29-42)69-37-43-26-30-46(31-27-43)61(79)70-50-36-57(63(81)72-54-25-15-21-45-17-11-13-23-52(45)54)76(39-50)65(83)58(66(3,4)5)74-60(78)41(2)68-7/h8-13,16-19,22-23,26-33,40-41,50,53-58,67-69H,14-15,20-21,24-25,34-39H2,1-7H3,(H,70,79)(H,71,80)(H,72,81)(H,73,77)(H,74,78)/t40?,41?,50-,53+,54+,55?,56?,57-,58?/m0/s1. The summed E-state index contributed by atoms with van der Waals surface area (Å²) in [6, 6.07) is 33.5. The number of hydrogen-bond donors (Lipinski definition) is 8. The Morgan fingerprint density at radius 1 is 0.578 bits per heavy atom. The third-order valence-corrected chi connectivity index (χ3v) is 17.2. The van der Waals surface area contributed by atoms with E-state index >= 15 is 0 Å². The van der Waals surface area contributed by atoms with Gasteiger partial charge in [-0.15, -0.1) is 0 Å². The number of aryl methyl sites for hydroxylation is 2. The van der Waals surface area contributed by atoms with E-state index in [4.69, 9.17) is 0 Å². The monoisotopic (exact) mass is 1130 g/mol. The van der Waals surface area contributed by atoms with Gasteiger partial charge in [-0.25, -0.2) is 0 Å². The lowest BCUT2D eigenvalue weighted by molar-refractivity contribution is -0.145. The number of likely N-dealkylation sites (N-methyl/N-ethyl adjacent to an activating group) is 2. The average molecular weight is 1130 g/mol. The molecule has 9 atom stereocenters. The van der Waals surface area contributed by atoms with Crippen molar-refractivity contribution in [2.45, 2.75) is 160 Å². The van der Waals surface area contributed by atoms with Crippen LogP contribution in [-0.4, -0.2) is 114 Å². The lowest BCUT2D eigenvalue weighted by atomic mass is 9.85. The van der Waals surface area contributed by atoms with Gasteiger partial charge in [0, 0.05) is 49.8 Å². The second kappa shape index (κ2) is 26.6. The van der Waals surface area contributed by atoms with Crippen molar-refractivity contribution in [2.75, 3.05) is 26.0 Å². The molecule has 1 fully saturated rings. The molecule has 0 radical (unpaired) electrons. The summed E-state index contributed by atoms with van der Waals surface area (Å²) in [5.74, 6) is -2.24. The van der Waals surface area contributed by atoms with Crippen LogP contribution in [0.25, 0.3) is 0 Å². The molecule has 2 heterocycles. The number of amides is 7. The Balaban J connectivity index is 0.844. The fourth-order valence-electron chi connectivity index (χ4n) is 12.0. The number of carbonyl (C=O) groups excluding carboxylic acids is 7. The van der Waals surface area contributed by atoms with Crippen molar-refractivity contribution in [3.8, 4) is 0 Å². The van der Waals surface area contributed by atoms with E-state index < -0.39 is 47.7 Å². The summed E-state index contributed by atoms with van der Waals surface area (Å²) >= 11 is 0. The Morgan fingerprint density at radius 3 is 1.69 bits per heavy atom. The molecule has 9 rings (SSSR count). The molecule has 438 valence electrons. The molecule has 2 aliphatic heterocycles. The number of carbonyl (C=O) groups is 7. The minimum absolute atomic E-state index is 0.0824. The van der Waals surface area contributed by atoms with Gasteiger partial charge in [-0.2, -0.15) is 0 Å². The van der Waals surface area contributed by atoms with E-state index in [9.17, 15) is 33.6 Å². The van der Waals surface area contributed by atoms with Gasteiger partial charge in [-0.05, 0) is 147 Å². The fourth-order valence-corrected chi connectivity index (χ4v) is 12.0. The van der Waals surface area contributed by atoms with E-state index in [-0.39, 0.29) is 79.4 Å². The Labute approximate surface area is 488 Å². The highest BCUT2D eigenvalue weighted by molar-refractivity contribution is 5.97. The van der Waals surface area contributed by atoms with Crippen LogP contribution in [0.15, 0.2) is 121 Å². The highest BCUT2D eigenvalue weighted by Crippen LogP contribution is 2.34. The van der Waals surface area contributed by atoms with Crippen LogP contribution in [0.1, 0.15) is 134 Å². The average Bonchev–Trinajstić information content (AvgIpc) is 3.99. The number of anilines is 1. The molecule has 1 saturated heterocycles. The summed E-state index contributed by atoms with van der Waals surface area (Å²) in [6.07, 6.45) is 6.08. The molecule has 4 aliphatic rings. The smallest absolute Gasteiger partial charge is 0.251 e. The minimum atomic E-state index is -0.961. The lowest BCUT2D eigenvalue weighted by Gasteiger charge is -2.39. The Kier molecular flexibility index (Phi) is 19.1. The number of hydrogen-bond acceptors (Lipinski definition) is 10. The van der Waals surface area contributed by atoms with E-state index in [1.54, 1.807) is 45.0 Å². The van der Waals surface area contributed by atoms with E-state index in [1.807, 2.05) is 112 Å². The van der Waals surface area contributed by atoms with Gasteiger partial charge in [0.2, 0.25) is 35.4 Å². The zero-order chi connectivity index (χ0) is 59.0. The summed E-state index contributed by atoms with van der Waals surface area (Å²) in [4.78, 5) is 102. The fraction of sp³-hybridized carbons (Fsp3) is 0.439. The number of nitrogens with zero attached hydrogens (tertiary/aromatic N) is 2. The predicted octanol–water partition coefficient (Wildman–Crippen LogP) is 6.11. The van der Waals surface area contributed by atoms with Crippen LogP contribution in [0.3, 0.4) is 0 Å². The number of fused-ring (bicyclic) bond motifs is 3. The number of benzene rings is 5. The van der Waals surface area contributed by atoms with Gasteiger partial charge in [0.25, 0.3) is 5.91 Å². The molecule has 2 aliphatic carbocycles. The highest BCUT2D eigenvalue weighted by atomic mass is 16.2. The first kappa shape index (κ1) is 59.7. The normalized spacial score (nSPS) is 20.6. The minimum Gasteiger partial charge on any atom is -0.381 e. The third-order valence-electron chi connectivity index (χ3n) is 17.2.